The summed E-state index contributed by atoms with van der Waals surface area (Å²) in [5.74, 6) is -0.133. The van der Waals surface area contributed by atoms with Gasteiger partial charge in [-0.15, -0.1) is 11.8 Å². The Morgan fingerprint density at radius 3 is 2.92 bits per heavy atom. The summed E-state index contributed by atoms with van der Waals surface area (Å²) in [4.78, 5) is 24.4. The minimum atomic E-state index is -0.513. The van der Waals surface area contributed by atoms with E-state index in [0.717, 1.165) is 19.4 Å². The van der Waals surface area contributed by atoms with Crippen molar-refractivity contribution in [2.45, 2.75) is 36.6 Å². The Kier molecular flexibility index (Phi) is 5.73. The van der Waals surface area contributed by atoms with Gasteiger partial charge in [-0.05, 0) is 37.4 Å². The van der Waals surface area contributed by atoms with Crippen molar-refractivity contribution in [2.24, 2.45) is 0 Å². The number of hydrogen-bond acceptors (Lipinski definition) is 4. The molecule has 0 saturated carbocycles. The molecule has 2 amide bonds. The number of thioether (sulfide) groups is 1. The van der Waals surface area contributed by atoms with Crippen LogP contribution in [0.4, 0.5) is 4.39 Å². The standard InChI is InChI=1S/C17H22FN3O2S/c18-13-6-2-1-4-11(13)8-15-17(23)21-14(10-24-15)16(22)20-9-12-5-3-7-19-12/h1-2,4,6,12,14-15,19H,3,5,7-10H2,(H,20,22)(H,21,23). The smallest absolute Gasteiger partial charge is 0.243 e. The van der Waals surface area contributed by atoms with Gasteiger partial charge in [-0.3, -0.25) is 9.59 Å². The molecule has 2 aliphatic rings. The van der Waals surface area contributed by atoms with Gasteiger partial charge in [-0.1, -0.05) is 18.2 Å². The predicted molar refractivity (Wildman–Crippen MR) is 92.3 cm³/mol. The van der Waals surface area contributed by atoms with Crippen molar-refractivity contribution in [1.29, 1.82) is 0 Å². The van der Waals surface area contributed by atoms with Crippen molar-refractivity contribution in [3.8, 4) is 0 Å². The molecule has 3 unspecified atom stereocenters. The Balaban J connectivity index is 1.48. The molecule has 2 heterocycles. The first-order valence-electron chi connectivity index (χ1n) is 8.30. The molecule has 2 saturated heterocycles. The Labute approximate surface area is 145 Å². The summed E-state index contributed by atoms with van der Waals surface area (Å²) >= 11 is 1.41. The Morgan fingerprint density at radius 2 is 2.21 bits per heavy atom. The number of hydrogen-bond donors (Lipinski definition) is 3. The van der Waals surface area contributed by atoms with E-state index in [2.05, 4.69) is 16.0 Å². The van der Waals surface area contributed by atoms with E-state index in [0.29, 0.717) is 30.3 Å². The van der Waals surface area contributed by atoms with Gasteiger partial charge in [0.25, 0.3) is 0 Å². The molecule has 2 fully saturated rings. The molecule has 1 aromatic rings. The van der Waals surface area contributed by atoms with Gasteiger partial charge in [0.15, 0.2) is 0 Å². The Bertz CT molecular complexity index is 607. The molecule has 2 aliphatic heterocycles. The van der Waals surface area contributed by atoms with Crippen molar-refractivity contribution >= 4 is 23.6 Å². The van der Waals surface area contributed by atoms with Crippen LogP contribution in [0.1, 0.15) is 18.4 Å². The molecule has 0 radical (unpaired) electrons. The molecule has 0 aliphatic carbocycles. The largest absolute Gasteiger partial charge is 0.353 e. The van der Waals surface area contributed by atoms with Gasteiger partial charge >= 0.3 is 0 Å². The summed E-state index contributed by atoms with van der Waals surface area (Å²) in [6.45, 7) is 1.59. The highest BCUT2D eigenvalue weighted by Gasteiger charge is 2.33. The summed E-state index contributed by atoms with van der Waals surface area (Å²) in [7, 11) is 0. The normalized spacial score (nSPS) is 26.9. The van der Waals surface area contributed by atoms with Crippen LogP contribution in [0.25, 0.3) is 0 Å². The highest BCUT2D eigenvalue weighted by Crippen LogP contribution is 2.23. The second kappa shape index (κ2) is 7.98. The van der Waals surface area contributed by atoms with Gasteiger partial charge in [-0.2, -0.15) is 0 Å². The Morgan fingerprint density at radius 1 is 1.38 bits per heavy atom. The second-order valence-electron chi connectivity index (χ2n) is 6.22. The Hall–Kier alpha value is -1.60. The lowest BCUT2D eigenvalue weighted by molar-refractivity contribution is -0.128. The monoisotopic (exact) mass is 351 g/mol. The molecule has 0 spiro atoms. The molecule has 0 aromatic heterocycles. The fourth-order valence-electron chi connectivity index (χ4n) is 3.03. The van der Waals surface area contributed by atoms with Gasteiger partial charge in [0.05, 0.1) is 5.25 Å². The van der Waals surface area contributed by atoms with Crippen LogP contribution in [0.2, 0.25) is 0 Å². The number of benzene rings is 1. The van der Waals surface area contributed by atoms with Crippen LogP contribution in [0.15, 0.2) is 24.3 Å². The van der Waals surface area contributed by atoms with Gasteiger partial charge < -0.3 is 16.0 Å². The third-order valence-corrected chi connectivity index (χ3v) is 5.75. The zero-order valence-corrected chi connectivity index (χ0v) is 14.2. The topological polar surface area (TPSA) is 70.2 Å². The fraction of sp³-hybridized carbons (Fsp3) is 0.529. The quantitative estimate of drug-likeness (QED) is 0.735. The van der Waals surface area contributed by atoms with Crippen LogP contribution in [-0.4, -0.2) is 48.0 Å². The lowest BCUT2D eigenvalue weighted by atomic mass is 10.1. The van der Waals surface area contributed by atoms with Gasteiger partial charge in [0.1, 0.15) is 11.9 Å². The number of carbonyl (C=O) groups is 2. The summed E-state index contributed by atoms with van der Waals surface area (Å²) in [6, 6.07) is 6.30. The van der Waals surface area contributed by atoms with Gasteiger partial charge in [0.2, 0.25) is 11.8 Å². The first kappa shape index (κ1) is 17.2. The molecular formula is C17H22FN3O2S. The van der Waals surface area contributed by atoms with Crippen molar-refractivity contribution < 1.29 is 14.0 Å². The third-order valence-electron chi connectivity index (χ3n) is 4.44. The van der Waals surface area contributed by atoms with E-state index in [1.54, 1.807) is 18.2 Å². The minimum absolute atomic E-state index is 0.145. The number of carbonyl (C=O) groups excluding carboxylic acids is 2. The lowest BCUT2D eigenvalue weighted by Crippen LogP contribution is -2.55. The average Bonchev–Trinajstić information content (AvgIpc) is 3.10. The highest BCUT2D eigenvalue weighted by atomic mass is 32.2. The fourth-order valence-corrected chi connectivity index (χ4v) is 4.21. The maximum atomic E-state index is 13.7. The van der Waals surface area contributed by atoms with E-state index < -0.39 is 6.04 Å². The van der Waals surface area contributed by atoms with Crippen molar-refractivity contribution in [3.05, 3.63) is 35.6 Å². The lowest BCUT2D eigenvalue weighted by Gasteiger charge is -2.28. The van der Waals surface area contributed by atoms with Crippen molar-refractivity contribution in [3.63, 3.8) is 0 Å². The van der Waals surface area contributed by atoms with Crippen LogP contribution in [0, 0.1) is 5.82 Å². The summed E-state index contributed by atoms with van der Waals surface area (Å²) in [5, 5.41) is 8.63. The van der Waals surface area contributed by atoms with Crippen LogP contribution < -0.4 is 16.0 Å². The first-order chi connectivity index (χ1) is 11.6. The van der Waals surface area contributed by atoms with Crippen LogP contribution in [0.3, 0.4) is 0 Å². The number of amides is 2. The van der Waals surface area contributed by atoms with Crippen molar-refractivity contribution in [2.75, 3.05) is 18.8 Å². The maximum absolute atomic E-state index is 13.7. The van der Waals surface area contributed by atoms with Crippen LogP contribution in [0.5, 0.6) is 0 Å². The molecule has 5 nitrogen and oxygen atoms in total. The molecule has 0 bridgehead atoms. The van der Waals surface area contributed by atoms with Gasteiger partial charge in [-0.25, -0.2) is 4.39 Å². The zero-order valence-electron chi connectivity index (χ0n) is 13.4. The van der Waals surface area contributed by atoms with E-state index in [4.69, 9.17) is 0 Å². The average molecular weight is 351 g/mol. The SMILES string of the molecule is O=C(NCC1CCCN1)C1CSC(Cc2ccccc2F)C(=O)N1. The molecule has 24 heavy (non-hydrogen) atoms. The molecule has 3 atom stereocenters. The van der Waals surface area contributed by atoms with Crippen LogP contribution in [-0.2, 0) is 16.0 Å². The summed E-state index contributed by atoms with van der Waals surface area (Å²) in [5.41, 5.74) is 0.528. The zero-order chi connectivity index (χ0) is 16.9. The predicted octanol–water partition coefficient (Wildman–Crippen LogP) is 0.837. The number of halogens is 1. The number of rotatable bonds is 5. The first-order valence-corrected chi connectivity index (χ1v) is 9.35. The summed E-state index contributed by atoms with van der Waals surface area (Å²) in [6.07, 6.45) is 2.54. The molecular weight excluding hydrogens is 329 g/mol. The van der Waals surface area contributed by atoms with E-state index in [1.165, 1.54) is 17.8 Å². The molecule has 1 aromatic carbocycles. The molecule has 130 valence electrons. The molecule has 7 heteroatoms. The molecule has 3 N–H and O–H groups in total. The van der Waals surface area contributed by atoms with Crippen molar-refractivity contribution in [1.82, 2.24) is 16.0 Å². The third kappa shape index (κ3) is 4.27. The van der Waals surface area contributed by atoms with Crippen LogP contribution >= 0.6 is 11.8 Å². The maximum Gasteiger partial charge on any atom is 0.243 e. The minimum Gasteiger partial charge on any atom is -0.353 e. The molecule has 3 rings (SSSR count). The second-order valence-corrected chi connectivity index (χ2v) is 7.45. The van der Waals surface area contributed by atoms with E-state index >= 15 is 0 Å². The number of nitrogens with one attached hydrogen (secondary N) is 3. The highest BCUT2D eigenvalue weighted by molar-refractivity contribution is 8.00. The van der Waals surface area contributed by atoms with E-state index in [9.17, 15) is 14.0 Å². The van der Waals surface area contributed by atoms with Gasteiger partial charge in [0, 0.05) is 18.3 Å². The van der Waals surface area contributed by atoms with E-state index in [1.807, 2.05) is 0 Å². The van der Waals surface area contributed by atoms with E-state index in [-0.39, 0.29) is 22.9 Å². The summed E-state index contributed by atoms with van der Waals surface area (Å²) < 4.78 is 13.7.